The summed E-state index contributed by atoms with van der Waals surface area (Å²) in [5.74, 6) is 0.102. The molecule has 5 aromatic carbocycles. The van der Waals surface area contributed by atoms with Gasteiger partial charge in [-0.25, -0.2) is 0 Å². The van der Waals surface area contributed by atoms with E-state index in [9.17, 15) is 4.79 Å². The molecular weight excluding hydrogens is 402 g/mol. The van der Waals surface area contributed by atoms with Crippen molar-refractivity contribution in [3.05, 3.63) is 149 Å². The van der Waals surface area contributed by atoms with E-state index >= 15 is 0 Å². The van der Waals surface area contributed by atoms with Gasteiger partial charge < -0.3 is 4.90 Å². The van der Waals surface area contributed by atoms with Crippen LogP contribution in [0.1, 0.15) is 38.5 Å². The average molecular weight is 426 g/mol. The Morgan fingerprint density at radius 2 is 1.30 bits per heavy atom. The second kappa shape index (κ2) is 8.07. The van der Waals surface area contributed by atoms with Crippen molar-refractivity contribution in [2.75, 3.05) is 4.90 Å². The first-order valence-electron chi connectivity index (χ1n) is 11.3. The number of para-hydroxylation sites is 1. The van der Waals surface area contributed by atoms with Crippen molar-refractivity contribution in [2.45, 2.75) is 12.5 Å². The molecule has 1 unspecified atom stereocenters. The summed E-state index contributed by atoms with van der Waals surface area (Å²) in [6.07, 6.45) is 0. The van der Waals surface area contributed by atoms with E-state index in [1.807, 2.05) is 47.4 Å². The summed E-state index contributed by atoms with van der Waals surface area (Å²) in [5.41, 5.74) is 6.50. The van der Waals surface area contributed by atoms with Crippen LogP contribution in [0.15, 0.2) is 121 Å². The molecule has 1 aliphatic rings. The molecule has 33 heavy (non-hydrogen) atoms. The van der Waals surface area contributed by atoms with Crippen molar-refractivity contribution < 1.29 is 4.79 Å². The van der Waals surface area contributed by atoms with Crippen LogP contribution in [0.4, 0.5) is 5.69 Å². The third kappa shape index (κ3) is 3.41. The zero-order chi connectivity index (χ0) is 22.2. The van der Waals surface area contributed by atoms with E-state index in [-0.39, 0.29) is 11.8 Å². The van der Waals surface area contributed by atoms with Crippen molar-refractivity contribution >= 4 is 22.4 Å². The maximum absolute atomic E-state index is 13.9. The van der Waals surface area contributed by atoms with Gasteiger partial charge in [-0.1, -0.05) is 103 Å². The highest BCUT2D eigenvalue weighted by Gasteiger charge is 2.31. The molecule has 5 aromatic rings. The molecule has 0 spiro atoms. The maximum Gasteiger partial charge on any atom is 0.258 e. The number of nitrogens with zero attached hydrogens (tertiary/aromatic N) is 1. The van der Waals surface area contributed by atoms with Gasteiger partial charge in [0.15, 0.2) is 0 Å². The maximum atomic E-state index is 13.9. The fraction of sp³-hybridized carbons (Fsp3) is 0.0645. The molecular formula is C31H23NO. The van der Waals surface area contributed by atoms with Crippen molar-refractivity contribution in [1.82, 2.24) is 0 Å². The van der Waals surface area contributed by atoms with Crippen LogP contribution in [0.3, 0.4) is 0 Å². The topological polar surface area (TPSA) is 20.3 Å². The van der Waals surface area contributed by atoms with E-state index in [1.54, 1.807) is 0 Å². The number of fused-ring (bicyclic) bond motifs is 3. The largest absolute Gasteiger partial charge is 0.304 e. The summed E-state index contributed by atoms with van der Waals surface area (Å²) < 4.78 is 0. The van der Waals surface area contributed by atoms with Crippen molar-refractivity contribution in [1.29, 1.82) is 0 Å². The molecule has 0 fully saturated rings. The Hall–Kier alpha value is -4.17. The predicted octanol–water partition coefficient (Wildman–Crippen LogP) is 7.18. The molecule has 6 rings (SSSR count). The normalized spacial score (nSPS) is 14.9. The Morgan fingerprint density at radius 1 is 0.636 bits per heavy atom. The zero-order valence-corrected chi connectivity index (χ0v) is 18.2. The van der Waals surface area contributed by atoms with Gasteiger partial charge in [-0.15, -0.1) is 0 Å². The van der Waals surface area contributed by atoms with Crippen LogP contribution in [0.5, 0.6) is 0 Å². The van der Waals surface area contributed by atoms with Gasteiger partial charge in [0, 0.05) is 17.2 Å². The zero-order valence-electron chi connectivity index (χ0n) is 18.2. The quantitative estimate of drug-likeness (QED) is 0.293. The van der Waals surface area contributed by atoms with Gasteiger partial charge in [0.2, 0.25) is 0 Å². The Balaban J connectivity index is 1.53. The van der Waals surface area contributed by atoms with E-state index in [0.717, 1.165) is 22.0 Å². The predicted molar refractivity (Wildman–Crippen MR) is 135 cm³/mol. The molecule has 1 atom stereocenters. The summed E-state index contributed by atoms with van der Waals surface area (Å²) in [5, 5.41) is 2.22. The lowest BCUT2D eigenvalue weighted by Crippen LogP contribution is -2.30. The van der Waals surface area contributed by atoms with Crippen LogP contribution in [0.2, 0.25) is 0 Å². The van der Waals surface area contributed by atoms with Crippen LogP contribution in [0.25, 0.3) is 10.8 Å². The summed E-state index contributed by atoms with van der Waals surface area (Å²) in [6, 6.07) is 41.6. The van der Waals surface area contributed by atoms with Crippen LogP contribution in [-0.2, 0) is 6.54 Å². The minimum Gasteiger partial charge on any atom is -0.304 e. The molecule has 1 heterocycles. The first-order chi connectivity index (χ1) is 16.3. The van der Waals surface area contributed by atoms with E-state index in [0.29, 0.717) is 12.1 Å². The van der Waals surface area contributed by atoms with E-state index in [2.05, 4.69) is 78.9 Å². The van der Waals surface area contributed by atoms with E-state index < -0.39 is 0 Å². The Kier molecular flexibility index (Phi) is 4.77. The molecule has 0 bridgehead atoms. The first kappa shape index (κ1) is 19.5. The minimum absolute atomic E-state index is 0.0247. The minimum atomic E-state index is 0.0247. The molecule has 1 amide bonds. The first-order valence-corrected chi connectivity index (χ1v) is 11.3. The van der Waals surface area contributed by atoms with Gasteiger partial charge in [-0.05, 0) is 51.2 Å². The summed E-state index contributed by atoms with van der Waals surface area (Å²) in [6.45, 7) is 0.544. The van der Waals surface area contributed by atoms with Gasteiger partial charge in [0.25, 0.3) is 5.91 Å². The number of carbonyl (C=O) groups excluding carboxylic acids is 1. The van der Waals surface area contributed by atoms with Gasteiger partial charge >= 0.3 is 0 Å². The number of anilines is 1. The molecule has 2 heteroatoms. The highest BCUT2D eigenvalue weighted by atomic mass is 16.2. The van der Waals surface area contributed by atoms with Crippen LogP contribution in [0, 0.1) is 0 Å². The fourth-order valence-corrected chi connectivity index (χ4v) is 5.02. The monoisotopic (exact) mass is 425 g/mol. The number of benzene rings is 5. The van der Waals surface area contributed by atoms with E-state index in [1.165, 1.54) is 16.7 Å². The van der Waals surface area contributed by atoms with Crippen molar-refractivity contribution in [3.8, 4) is 0 Å². The Labute approximate surface area is 193 Å². The highest BCUT2D eigenvalue weighted by molar-refractivity contribution is 6.08. The molecule has 2 nitrogen and oxygen atoms in total. The van der Waals surface area contributed by atoms with Gasteiger partial charge in [0.05, 0.1) is 6.54 Å². The number of hydrogen-bond acceptors (Lipinski definition) is 1. The fourth-order valence-electron chi connectivity index (χ4n) is 5.02. The molecule has 158 valence electrons. The molecule has 1 aliphatic heterocycles. The average Bonchev–Trinajstić information content (AvgIpc) is 3.03. The molecule has 0 N–H and O–H groups in total. The molecule has 0 saturated carbocycles. The SMILES string of the molecule is O=C(c1ccc2ccccc2c1)N1Cc2ccccc2C(c2ccccc2)c2ccccc21. The second-order valence-corrected chi connectivity index (χ2v) is 8.55. The number of amides is 1. The molecule has 0 saturated heterocycles. The summed E-state index contributed by atoms with van der Waals surface area (Å²) in [4.78, 5) is 15.9. The lowest BCUT2D eigenvalue weighted by Gasteiger charge is -2.25. The van der Waals surface area contributed by atoms with Crippen LogP contribution < -0.4 is 4.90 Å². The lowest BCUT2D eigenvalue weighted by molar-refractivity contribution is 0.0985. The summed E-state index contributed by atoms with van der Waals surface area (Å²) in [7, 11) is 0. The summed E-state index contributed by atoms with van der Waals surface area (Å²) >= 11 is 0. The molecule has 0 aromatic heterocycles. The standard InChI is InChI=1S/C31H23NO/c33-31(25-19-18-22-10-4-5-13-24(22)20-25)32-21-26-14-6-7-15-27(26)30(23-11-2-1-3-12-23)28-16-8-9-17-29(28)32/h1-20,30H,21H2. The molecule has 0 aliphatic carbocycles. The molecule has 0 radical (unpaired) electrons. The van der Waals surface area contributed by atoms with Crippen LogP contribution in [-0.4, -0.2) is 5.91 Å². The number of carbonyl (C=O) groups is 1. The smallest absolute Gasteiger partial charge is 0.258 e. The Bertz CT molecular complexity index is 1470. The highest BCUT2D eigenvalue weighted by Crippen LogP contribution is 2.42. The van der Waals surface area contributed by atoms with E-state index in [4.69, 9.17) is 0 Å². The number of rotatable bonds is 2. The second-order valence-electron chi connectivity index (χ2n) is 8.55. The van der Waals surface area contributed by atoms with Gasteiger partial charge in [0.1, 0.15) is 0 Å². The van der Waals surface area contributed by atoms with Crippen molar-refractivity contribution in [3.63, 3.8) is 0 Å². The lowest BCUT2D eigenvalue weighted by atomic mass is 9.83. The Morgan fingerprint density at radius 3 is 2.15 bits per heavy atom. The van der Waals surface area contributed by atoms with Gasteiger partial charge in [-0.2, -0.15) is 0 Å². The van der Waals surface area contributed by atoms with Crippen molar-refractivity contribution in [2.24, 2.45) is 0 Å². The van der Waals surface area contributed by atoms with Crippen LogP contribution >= 0.6 is 0 Å². The third-order valence-electron chi connectivity index (χ3n) is 6.61. The number of hydrogen-bond donors (Lipinski definition) is 0. The van der Waals surface area contributed by atoms with Gasteiger partial charge in [-0.3, -0.25) is 4.79 Å². The third-order valence-corrected chi connectivity index (χ3v) is 6.61.